The molecule has 0 saturated carbocycles. The molecule has 0 aromatic heterocycles. The van der Waals surface area contributed by atoms with Crippen molar-refractivity contribution in [1.82, 2.24) is 0 Å². The van der Waals surface area contributed by atoms with E-state index in [0.717, 1.165) is 0 Å². The third kappa shape index (κ3) is 1.34. The molecule has 5 nitrogen and oxygen atoms in total. The van der Waals surface area contributed by atoms with Gasteiger partial charge >= 0.3 is 0 Å². The molecule has 0 spiro atoms. The lowest BCUT2D eigenvalue weighted by molar-refractivity contribution is -0.245. The zero-order valence-corrected chi connectivity index (χ0v) is 6.84. The summed E-state index contributed by atoms with van der Waals surface area (Å²) in [4.78, 5) is 0. The predicted molar refractivity (Wildman–Crippen MR) is 39.2 cm³/mol. The average molecular weight is 178 g/mol. The lowest BCUT2D eigenvalue weighted by Crippen LogP contribution is -2.46. The van der Waals surface area contributed by atoms with Gasteiger partial charge in [-0.25, -0.2) is 0 Å². The van der Waals surface area contributed by atoms with Crippen LogP contribution in [0.15, 0.2) is 0 Å². The Morgan fingerprint density at radius 3 is 2.25 bits per heavy atom. The van der Waals surface area contributed by atoms with Crippen LogP contribution in [0.25, 0.3) is 0 Å². The largest absolute Gasteiger partial charge is 0.391 e. The number of ether oxygens (including phenoxy) is 1. The first-order valence-electron chi connectivity index (χ1n) is 3.92. The molecule has 1 rings (SSSR count). The van der Waals surface area contributed by atoms with E-state index in [4.69, 9.17) is 9.84 Å². The van der Waals surface area contributed by atoms with Gasteiger partial charge in [-0.2, -0.15) is 0 Å². The summed E-state index contributed by atoms with van der Waals surface area (Å²) < 4.78 is 4.88. The van der Waals surface area contributed by atoms with E-state index < -0.39 is 30.7 Å². The highest BCUT2D eigenvalue weighted by atomic mass is 16.7. The molecular formula is C7H14O5. The van der Waals surface area contributed by atoms with E-state index in [-0.39, 0.29) is 0 Å². The van der Waals surface area contributed by atoms with Crippen LogP contribution in [-0.2, 0) is 4.74 Å². The van der Waals surface area contributed by atoms with Crippen LogP contribution in [0.3, 0.4) is 0 Å². The Morgan fingerprint density at radius 1 is 1.42 bits per heavy atom. The van der Waals surface area contributed by atoms with Gasteiger partial charge in [-0.1, -0.05) is 6.92 Å². The molecule has 72 valence electrons. The fraction of sp³-hybridized carbons (Fsp3) is 1.00. The fourth-order valence-electron chi connectivity index (χ4n) is 1.33. The molecule has 1 aliphatic rings. The second-order valence-electron chi connectivity index (χ2n) is 3.00. The Labute approximate surface area is 70.2 Å². The number of hydrogen-bond donors (Lipinski definition) is 4. The van der Waals surface area contributed by atoms with Crippen molar-refractivity contribution < 1.29 is 25.2 Å². The molecule has 1 heterocycles. The van der Waals surface area contributed by atoms with Gasteiger partial charge in [-0.15, -0.1) is 0 Å². The van der Waals surface area contributed by atoms with Crippen molar-refractivity contribution in [2.45, 2.75) is 37.4 Å². The van der Waals surface area contributed by atoms with E-state index in [0.29, 0.717) is 6.42 Å². The molecular weight excluding hydrogens is 164 g/mol. The topological polar surface area (TPSA) is 90.2 Å². The smallest absolute Gasteiger partial charge is 0.219 e. The number of rotatable bonds is 2. The third-order valence-corrected chi connectivity index (χ3v) is 2.15. The highest BCUT2D eigenvalue weighted by Crippen LogP contribution is 2.30. The van der Waals surface area contributed by atoms with E-state index >= 15 is 0 Å². The van der Waals surface area contributed by atoms with Gasteiger partial charge in [0.15, 0.2) is 0 Å². The minimum absolute atomic E-state index is 0.473. The van der Waals surface area contributed by atoms with E-state index in [1.165, 1.54) is 0 Å². The summed E-state index contributed by atoms with van der Waals surface area (Å²) in [6, 6.07) is 0. The highest BCUT2D eigenvalue weighted by Gasteiger charge is 2.52. The molecule has 0 aromatic carbocycles. The summed E-state index contributed by atoms with van der Waals surface area (Å²) in [7, 11) is 0. The first kappa shape index (κ1) is 9.88. The van der Waals surface area contributed by atoms with Crippen LogP contribution >= 0.6 is 0 Å². The van der Waals surface area contributed by atoms with Gasteiger partial charge in [-0.05, 0) is 6.42 Å². The monoisotopic (exact) mass is 178 g/mol. The maximum absolute atomic E-state index is 9.36. The van der Waals surface area contributed by atoms with Crippen molar-refractivity contribution in [2.24, 2.45) is 0 Å². The summed E-state index contributed by atoms with van der Waals surface area (Å²) in [6.45, 7) is 1.03. The molecule has 4 atom stereocenters. The molecule has 5 heteroatoms. The van der Waals surface area contributed by atoms with Gasteiger partial charge < -0.3 is 25.2 Å². The van der Waals surface area contributed by atoms with Gasteiger partial charge in [0.05, 0.1) is 12.7 Å². The predicted octanol–water partition coefficient (Wildman–Crippen LogP) is -1.80. The normalized spacial score (nSPS) is 48.2. The van der Waals surface area contributed by atoms with E-state index in [1.54, 1.807) is 6.92 Å². The van der Waals surface area contributed by atoms with Gasteiger partial charge in [0.1, 0.15) is 12.2 Å². The fourth-order valence-corrected chi connectivity index (χ4v) is 1.33. The quantitative estimate of drug-likeness (QED) is 0.400. The van der Waals surface area contributed by atoms with Gasteiger partial charge in [0.2, 0.25) is 5.79 Å². The van der Waals surface area contributed by atoms with E-state index in [9.17, 15) is 15.3 Å². The van der Waals surface area contributed by atoms with Crippen molar-refractivity contribution in [3.05, 3.63) is 0 Å². The molecule has 1 aliphatic heterocycles. The summed E-state index contributed by atoms with van der Waals surface area (Å²) in [5, 5.41) is 36.6. The Hall–Kier alpha value is -0.200. The molecule has 0 aromatic rings. The number of aliphatic hydroxyl groups excluding tert-OH is 3. The lowest BCUT2D eigenvalue weighted by Gasteiger charge is -2.22. The van der Waals surface area contributed by atoms with Crippen LogP contribution in [0, 0.1) is 0 Å². The Bertz CT molecular complexity index is 162. The Morgan fingerprint density at radius 2 is 2.00 bits per heavy atom. The van der Waals surface area contributed by atoms with Gasteiger partial charge in [0, 0.05) is 0 Å². The van der Waals surface area contributed by atoms with Crippen LogP contribution in [0.1, 0.15) is 13.3 Å². The zero-order chi connectivity index (χ0) is 9.35. The first-order chi connectivity index (χ1) is 5.55. The van der Waals surface area contributed by atoms with Gasteiger partial charge in [-0.3, -0.25) is 0 Å². The summed E-state index contributed by atoms with van der Waals surface area (Å²) in [6.07, 6.45) is -2.71. The third-order valence-electron chi connectivity index (χ3n) is 2.15. The second kappa shape index (κ2) is 3.27. The maximum atomic E-state index is 9.36. The average Bonchev–Trinajstić information content (AvgIpc) is 2.31. The van der Waals surface area contributed by atoms with Crippen molar-refractivity contribution >= 4 is 0 Å². The molecule has 1 unspecified atom stereocenters. The van der Waals surface area contributed by atoms with Crippen molar-refractivity contribution in [3.8, 4) is 0 Å². The zero-order valence-electron chi connectivity index (χ0n) is 6.84. The lowest BCUT2D eigenvalue weighted by atomic mass is 10.0. The molecule has 4 N–H and O–H groups in total. The van der Waals surface area contributed by atoms with Crippen molar-refractivity contribution in [2.75, 3.05) is 6.61 Å². The number of hydrogen-bond acceptors (Lipinski definition) is 5. The Kier molecular flexibility index (Phi) is 2.70. The number of aliphatic hydroxyl groups is 4. The SMILES string of the molecule is CC[C@H]1OC(O)(CO)[C@@H](O)[C@@H]1O. The molecule has 1 fully saturated rings. The van der Waals surface area contributed by atoms with Crippen LogP contribution in [-0.4, -0.2) is 51.1 Å². The minimum Gasteiger partial charge on any atom is -0.391 e. The van der Waals surface area contributed by atoms with Crippen molar-refractivity contribution in [3.63, 3.8) is 0 Å². The van der Waals surface area contributed by atoms with Crippen LogP contribution in [0.5, 0.6) is 0 Å². The van der Waals surface area contributed by atoms with Crippen LogP contribution in [0.4, 0.5) is 0 Å². The molecule has 0 amide bonds. The minimum atomic E-state index is -2.00. The molecule has 0 aliphatic carbocycles. The molecule has 12 heavy (non-hydrogen) atoms. The Balaban J connectivity index is 2.72. The first-order valence-corrected chi connectivity index (χ1v) is 3.92. The van der Waals surface area contributed by atoms with Gasteiger partial charge in [0.25, 0.3) is 0 Å². The van der Waals surface area contributed by atoms with Crippen LogP contribution < -0.4 is 0 Å². The second-order valence-corrected chi connectivity index (χ2v) is 3.00. The highest BCUT2D eigenvalue weighted by molar-refractivity contribution is 4.94. The standard InChI is InChI=1S/C7H14O5/c1-2-4-5(9)6(10)7(11,3-8)12-4/h4-6,8-11H,2-3H2,1H3/t4-,5-,6+,7?/m1/s1. The molecule has 0 bridgehead atoms. The van der Waals surface area contributed by atoms with Crippen LogP contribution in [0.2, 0.25) is 0 Å². The van der Waals surface area contributed by atoms with E-state index in [2.05, 4.69) is 0 Å². The molecule has 0 radical (unpaired) electrons. The maximum Gasteiger partial charge on any atom is 0.219 e. The summed E-state index contributed by atoms with van der Waals surface area (Å²) in [5.74, 6) is -2.00. The van der Waals surface area contributed by atoms with E-state index in [1.807, 2.05) is 0 Å². The summed E-state index contributed by atoms with van der Waals surface area (Å²) >= 11 is 0. The molecule has 1 saturated heterocycles. The van der Waals surface area contributed by atoms with Crippen molar-refractivity contribution in [1.29, 1.82) is 0 Å². The summed E-state index contributed by atoms with van der Waals surface area (Å²) in [5.41, 5.74) is 0.